The Kier molecular flexibility index (Phi) is 10.2. The van der Waals surface area contributed by atoms with Gasteiger partial charge in [0, 0.05) is 12.6 Å². The highest BCUT2D eigenvalue weighted by Crippen LogP contribution is 2.25. The molecule has 3 aromatic rings. The molecule has 0 radical (unpaired) electrons. The molecule has 1 atom stereocenters. The summed E-state index contributed by atoms with van der Waals surface area (Å²) in [4.78, 5) is 29.1. The van der Waals surface area contributed by atoms with Crippen molar-refractivity contribution in [3.8, 4) is 0 Å². The molecule has 4 rings (SSSR count). The molecule has 1 saturated carbocycles. The maximum atomic E-state index is 14.2. The first-order valence-corrected chi connectivity index (χ1v) is 15.6. The molecule has 0 aromatic heterocycles. The Morgan fingerprint density at radius 3 is 2.20 bits per heavy atom. The van der Waals surface area contributed by atoms with E-state index in [1.54, 1.807) is 30.3 Å². The lowest BCUT2D eigenvalue weighted by atomic mass is 9.95. The van der Waals surface area contributed by atoms with E-state index in [0.29, 0.717) is 12.1 Å². The van der Waals surface area contributed by atoms with Crippen molar-refractivity contribution in [3.05, 3.63) is 95.8 Å². The third kappa shape index (κ3) is 7.52. The highest BCUT2D eigenvalue weighted by Gasteiger charge is 2.34. The number of halogens is 1. The van der Waals surface area contributed by atoms with Gasteiger partial charge in [0.05, 0.1) is 10.6 Å². The summed E-state index contributed by atoms with van der Waals surface area (Å²) in [6, 6.07) is 19.8. The fourth-order valence-electron chi connectivity index (χ4n) is 5.29. The predicted molar refractivity (Wildman–Crippen MR) is 158 cm³/mol. The molecular formula is C32H38FN3O4S. The number of carbonyl (C=O) groups excluding carboxylic acids is 2. The molecule has 218 valence electrons. The Hall–Kier alpha value is -3.72. The molecule has 2 amide bonds. The number of hydrogen-bond donors (Lipinski definition) is 1. The van der Waals surface area contributed by atoms with E-state index in [9.17, 15) is 22.4 Å². The molecule has 1 fully saturated rings. The van der Waals surface area contributed by atoms with Gasteiger partial charge in [0.1, 0.15) is 18.4 Å². The third-order valence-corrected chi connectivity index (χ3v) is 9.45. The number of sulfonamides is 1. The summed E-state index contributed by atoms with van der Waals surface area (Å²) in [5.74, 6) is -1.30. The maximum absolute atomic E-state index is 14.2. The number of anilines is 1. The minimum absolute atomic E-state index is 0.0698. The molecule has 3 aromatic carbocycles. The molecule has 1 N–H and O–H groups in total. The number of nitrogens with zero attached hydrogens (tertiary/aromatic N) is 2. The van der Waals surface area contributed by atoms with Gasteiger partial charge in [-0.15, -0.1) is 0 Å². The van der Waals surface area contributed by atoms with Crippen molar-refractivity contribution in [2.45, 2.75) is 75.9 Å². The zero-order valence-electron chi connectivity index (χ0n) is 23.6. The molecule has 0 heterocycles. The Balaban J connectivity index is 1.69. The van der Waals surface area contributed by atoms with Gasteiger partial charge in [-0.25, -0.2) is 12.8 Å². The fourth-order valence-corrected chi connectivity index (χ4v) is 6.71. The van der Waals surface area contributed by atoms with Crippen LogP contribution in [-0.2, 0) is 26.2 Å². The molecule has 0 aliphatic heterocycles. The maximum Gasteiger partial charge on any atom is 0.264 e. The van der Waals surface area contributed by atoms with Crippen LogP contribution in [0.3, 0.4) is 0 Å². The second kappa shape index (κ2) is 13.8. The first-order valence-electron chi connectivity index (χ1n) is 14.2. The molecule has 7 nitrogen and oxygen atoms in total. The number of rotatable bonds is 11. The lowest BCUT2D eigenvalue weighted by Crippen LogP contribution is -2.54. The second-order valence-corrected chi connectivity index (χ2v) is 12.4. The Bertz CT molecular complexity index is 1420. The van der Waals surface area contributed by atoms with Gasteiger partial charge in [-0.05, 0) is 73.7 Å². The Morgan fingerprint density at radius 1 is 0.927 bits per heavy atom. The second-order valence-electron chi connectivity index (χ2n) is 10.5. The van der Waals surface area contributed by atoms with Crippen LogP contribution in [0.25, 0.3) is 0 Å². The zero-order chi connectivity index (χ0) is 29.4. The third-order valence-electron chi connectivity index (χ3n) is 7.66. The average molecular weight is 580 g/mol. The molecule has 0 bridgehead atoms. The molecule has 1 aliphatic carbocycles. The minimum Gasteiger partial charge on any atom is -0.352 e. The number of para-hydroxylation sites is 1. The Labute approximate surface area is 242 Å². The van der Waals surface area contributed by atoms with Crippen LogP contribution in [0.1, 0.15) is 56.6 Å². The van der Waals surface area contributed by atoms with Gasteiger partial charge in [0.15, 0.2) is 0 Å². The average Bonchev–Trinajstić information content (AvgIpc) is 2.97. The number of amides is 2. The van der Waals surface area contributed by atoms with Crippen molar-refractivity contribution in [1.82, 2.24) is 10.2 Å². The van der Waals surface area contributed by atoms with Gasteiger partial charge < -0.3 is 10.2 Å². The van der Waals surface area contributed by atoms with E-state index >= 15 is 0 Å². The van der Waals surface area contributed by atoms with E-state index in [4.69, 9.17) is 0 Å². The fraction of sp³-hybridized carbons (Fsp3) is 0.375. The van der Waals surface area contributed by atoms with E-state index in [2.05, 4.69) is 5.32 Å². The number of nitrogens with one attached hydrogen (secondary N) is 1. The van der Waals surface area contributed by atoms with Crippen molar-refractivity contribution in [2.24, 2.45) is 0 Å². The molecule has 0 spiro atoms. The van der Waals surface area contributed by atoms with Crippen LogP contribution in [0.5, 0.6) is 0 Å². The lowest BCUT2D eigenvalue weighted by molar-refractivity contribution is -0.140. The van der Waals surface area contributed by atoms with Gasteiger partial charge in [-0.3, -0.25) is 13.9 Å². The standard InChI is InChI=1S/C32H38FN3O4S/c1-3-30(32(38)34-27-14-6-4-7-15-27)35(22-25-13-11-10-12-24(25)2)31(37)23-36(28-16-8-5-9-17-28)41(39,40)29-20-18-26(33)19-21-29/h5,8-13,16-21,27,30H,3-4,6-7,14-15,22-23H2,1-2H3,(H,34,38)/t30-/m0/s1. The van der Waals surface area contributed by atoms with E-state index < -0.39 is 34.3 Å². The summed E-state index contributed by atoms with van der Waals surface area (Å²) in [6.07, 6.45) is 5.45. The normalized spacial score (nSPS) is 14.7. The summed E-state index contributed by atoms with van der Waals surface area (Å²) < 4.78 is 42.3. The molecule has 9 heteroatoms. The molecule has 0 unspecified atom stereocenters. The van der Waals surface area contributed by atoms with Gasteiger partial charge in [0.2, 0.25) is 11.8 Å². The minimum atomic E-state index is -4.24. The van der Waals surface area contributed by atoms with E-state index in [-0.39, 0.29) is 23.4 Å². The highest BCUT2D eigenvalue weighted by molar-refractivity contribution is 7.92. The van der Waals surface area contributed by atoms with Crippen LogP contribution in [0, 0.1) is 12.7 Å². The van der Waals surface area contributed by atoms with Crippen LogP contribution in [-0.4, -0.2) is 43.8 Å². The lowest BCUT2D eigenvalue weighted by Gasteiger charge is -2.34. The SMILES string of the molecule is CC[C@@H](C(=O)NC1CCCCC1)N(Cc1ccccc1C)C(=O)CN(c1ccccc1)S(=O)(=O)c1ccc(F)cc1. The number of aryl methyl sites for hydroxylation is 1. The van der Waals surface area contributed by atoms with Crippen molar-refractivity contribution >= 4 is 27.5 Å². The van der Waals surface area contributed by atoms with Crippen molar-refractivity contribution < 1.29 is 22.4 Å². The van der Waals surface area contributed by atoms with Crippen LogP contribution < -0.4 is 9.62 Å². The zero-order valence-corrected chi connectivity index (χ0v) is 24.4. The first kappa shape index (κ1) is 30.2. The van der Waals surface area contributed by atoms with Crippen molar-refractivity contribution in [1.29, 1.82) is 0 Å². The Morgan fingerprint density at radius 2 is 1.56 bits per heavy atom. The summed E-state index contributed by atoms with van der Waals surface area (Å²) in [5.41, 5.74) is 2.13. The molecule has 41 heavy (non-hydrogen) atoms. The summed E-state index contributed by atoms with van der Waals surface area (Å²) in [7, 11) is -4.24. The highest BCUT2D eigenvalue weighted by atomic mass is 32.2. The summed E-state index contributed by atoms with van der Waals surface area (Å²) >= 11 is 0. The molecule has 1 aliphatic rings. The first-order chi connectivity index (χ1) is 19.7. The largest absolute Gasteiger partial charge is 0.352 e. The van der Waals surface area contributed by atoms with E-state index in [1.165, 1.54) is 17.0 Å². The monoisotopic (exact) mass is 579 g/mol. The van der Waals surface area contributed by atoms with Gasteiger partial charge in [-0.1, -0.05) is 68.7 Å². The topological polar surface area (TPSA) is 86.8 Å². The van der Waals surface area contributed by atoms with Gasteiger partial charge in [-0.2, -0.15) is 0 Å². The van der Waals surface area contributed by atoms with Crippen molar-refractivity contribution in [2.75, 3.05) is 10.8 Å². The van der Waals surface area contributed by atoms with Crippen LogP contribution in [0.15, 0.2) is 83.8 Å². The van der Waals surface area contributed by atoms with Crippen LogP contribution >= 0.6 is 0 Å². The summed E-state index contributed by atoms with van der Waals surface area (Å²) in [6.45, 7) is 3.42. The molecular weight excluding hydrogens is 541 g/mol. The van der Waals surface area contributed by atoms with Gasteiger partial charge >= 0.3 is 0 Å². The van der Waals surface area contributed by atoms with Gasteiger partial charge in [0.25, 0.3) is 10.0 Å². The van der Waals surface area contributed by atoms with Crippen LogP contribution in [0.2, 0.25) is 0 Å². The van der Waals surface area contributed by atoms with E-state index in [1.807, 2.05) is 38.1 Å². The van der Waals surface area contributed by atoms with Crippen LogP contribution in [0.4, 0.5) is 10.1 Å². The smallest absolute Gasteiger partial charge is 0.264 e. The number of carbonyl (C=O) groups is 2. The quantitative estimate of drug-likeness (QED) is 0.321. The predicted octanol–water partition coefficient (Wildman–Crippen LogP) is 5.59. The van der Waals surface area contributed by atoms with Crippen molar-refractivity contribution in [3.63, 3.8) is 0 Å². The number of hydrogen-bond acceptors (Lipinski definition) is 4. The van der Waals surface area contributed by atoms with E-state index in [0.717, 1.165) is 59.7 Å². The number of benzene rings is 3. The summed E-state index contributed by atoms with van der Waals surface area (Å²) in [5, 5.41) is 3.15. The molecule has 0 saturated heterocycles.